The Bertz CT molecular complexity index is 1040. The van der Waals surface area contributed by atoms with Gasteiger partial charge in [0.1, 0.15) is 5.82 Å². The second-order valence-corrected chi connectivity index (χ2v) is 7.51. The third-order valence-electron chi connectivity index (χ3n) is 5.48. The van der Waals surface area contributed by atoms with Crippen molar-refractivity contribution >= 4 is 0 Å². The third-order valence-corrected chi connectivity index (χ3v) is 5.48. The quantitative estimate of drug-likeness (QED) is 0.653. The Balaban J connectivity index is 1.44. The largest absolute Gasteiger partial charge is 0.504 e. The van der Waals surface area contributed by atoms with Crippen molar-refractivity contribution in [2.75, 3.05) is 19.7 Å². The Labute approximate surface area is 175 Å². The van der Waals surface area contributed by atoms with Gasteiger partial charge in [0, 0.05) is 42.0 Å². The molecular formula is C23H26N4O3. The van der Waals surface area contributed by atoms with E-state index >= 15 is 0 Å². The summed E-state index contributed by atoms with van der Waals surface area (Å²) in [5, 5.41) is 10.4. The van der Waals surface area contributed by atoms with Gasteiger partial charge in [-0.3, -0.25) is 14.7 Å². The average Bonchev–Trinajstić information content (AvgIpc) is 2.77. The molecule has 2 N–H and O–H groups in total. The van der Waals surface area contributed by atoms with Gasteiger partial charge in [0.15, 0.2) is 11.5 Å². The van der Waals surface area contributed by atoms with Crippen LogP contribution in [0.1, 0.15) is 36.9 Å². The van der Waals surface area contributed by atoms with Gasteiger partial charge in [0.05, 0.1) is 12.3 Å². The lowest BCUT2D eigenvalue weighted by Gasteiger charge is -2.32. The zero-order chi connectivity index (χ0) is 20.9. The number of benzene rings is 1. The number of likely N-dealkylation sites (tertiary alicyclic amines) is 1. The van der Waals surface area contributed by atoms with E-state index in [1.165, 1.54) is 0 Å². The van der Waals surface area contributed by atoms with Crippen molar-refractivity contribution in [3.05, 3.63) is 70.4 Å². The van der Waals surface area contributed by atoms with Crippen molar-refractivity contribution in [3.63, 3.8) is 0 Å². The molecule has 0 amide bonds. The maximum absolute atomic E-state index is 12.2. The molecule has 0 radical (unpaired) electrons. The molecular weight excluding hydrogens is 380 g/mol. The number of nitrogens with zero attached hydrogens (tertiary/aromatic N) is 3. The highest BCUT2D eigenvalue weighted by Gasteiger charge is 2.23. The van der Waals surface area contributed by atoms with E-state index in [1.807, 2.05) is 31.2 Å². The predicted octanol–water partition coefficient (Wildman–Crippen LogP) is 3.32. The van der Waals surface area contributed by atoms with Crippen LogP contribution in [0, 0.1) is 0 Å². The molecule has 1 aromatic carbocycles. The van der Waals surface area contributed by atoms with Gasteiger partial charge in [-0.05, 0) is 51.1 Å². The number of aromatic nitrogens is 3. The van der Waals surface area contributed by atoms with E-state index < -0.39 is 0 Å². The summed E-state index contributed by atoms with van der Waals surface area (Å²) in [5.41, 5.74) is 2.36. The van der Waals surface area contributed by atoms with Crippen LogP contribution < -0.4 is 10.3 Å². The molecule has 30 heavy (non-hydrogen) atoms. The highest BCUT2D eigenvalue weighted by Crippen LogP contribution is 2.33. The highest BCUT2D eigenvalue weighted by molar-refractivity contribution is 5.52. The van der Waals surface area contributed by atoms with E-state index in [1.54, 1.807) is 24.5 Å². The zero-order valence-electron chi connectivity index (χ0n) is 17.0. The summed E-state index contributed by atoms with van der Waals surface area (Å²) in [5.74, 6) is 1.55. The molecule has 4 rings (SSSR count). The first-order chi connectivity index (χ1) is 14.6. The van der Waals surface area contributed by atoms with Crippen molar-refractivity contribution < 1.29 is 9.84 Å². The Hall–Kier alpha value is -3.19. The first-order valence-corrected chi connectivity index (χ1v) is 10.3. The predicted molar refractivity (Wildman–Crippen MR) is 115 cm³/mol. The van der Waals surface area contributed by atoms with Crippen LogP contribution in [0.2, 0.25) is 0 Å². The molecule has 2 aromatic heterocycles. The minimum atomic E-state index is -0.140. The number of hydrogen-bond donors (Lipinski definition) is 2. The molecule has 7 heteroatoms. The van der Waals surface area contributed by atoms with Crippen LogP contribution in [0.25, 0.3) is 11.4 Å². The van der Waals surface area contributed by atoms with Gasteiger partial charge in [-0.25, -0.2) is 4.98 Å². The van der Waals surface area contributed by atoms with E-state index in [-0.39, 0.29) is 17.2 Å². The van der Waals surface area contributed by atoms with Gasteiger partial charge in [-0.15, -0.1) is 0 Å². The molecule has 1 saturated heterocycles. The van der Waals surface area contributed by atoms with Crippen molar-refractivity contribution in [2.24, 2.45) is 0 Å². The fourth-order valence-corrected chi connectivity index (χ4v) is 3.92. The molecule has 1 fully saturated rings. The lowest BCUT2D eigenvalue weighted by molar-refractivity contribution is 0.200. The van der Waals surface area contributed by atoms with Crippen LogP contribution in [0.3, 0.4) is 0 Å². The standard InChI is InChI=1S/C23H26N4O3/c1-2-30-20-7-3-5-18(22(20)29)15-27-11-8-16(9-12-27)19-13-21(28)26-23(25-19)17-6-4-10-24-14-17/h3-7,10,13-14,16,29H,2,8-9,11-12,15H2,1H3,(H,25,26,28). The maximum atomic E-state index is 12.2. The van der Waals surface area contributed by atoms with E-state index in [4.69, 9.17) is 9.72 Å². The van der Waals surface area contributed by atoms with Gasteiger partial charge in [-0.2, -0.15) is 0 Å². The number of aromatic amines is 1. The number of phenols is 1. The Morgan fingerprint density at radius 1 is 1.23 bits per heavy atom. The van der Waals surface area contributed by atoms with Crippen LogP contribution in [0.5, 0.6) is 11.5 Å². The van der Waals surface area contributed by atoms with Crippen LogP contribution in [0.15, 0.2) is 53.6 Å². The second-order valence-electron chi connectivity index (χ2n) is 7.51. The fraction of sp³-hybridized carbons (Fsp3) is 0.348. The maximum Gasteiger partial charge on any atom is 0.251 e. The number of H-pyrrole nitrogens is 1. The Morgan fingerprint density at radius 3 is 2.80 bits per heavy atom. The van der Waals surface area contributed by atoms with Crippen LogP contribution in [-0.4, -0.2) is 44.7 Å². The number of aromatic hydroxyl groups is 1. The molecule has 3 aromatic rings. The summed E-state index contributed by atoms with van der Waals surface area (Å²) in [4.78, 5) is 26.1. The lowest BCUT2D eigenvalue weighted by atomic mass is 9.93. The van der Waals surface area contributed by atoms with Gasteiger partial charge in [0.2, 0.25) is 0 Å². The van der Waals surface area contributed by atoms with E-state index in [0.717, 1.165) is 42.8 Å². The highest BCUT2D eigenvalue weighted by atomic mass is 16.5. The molecule has 1 aliphatic heterocycles. The normalized spacial score (nSPS) is 15.2. The zero-order valence-corrected chi connectivity index (χ0v) is 17.0. The molecule has 3 heterocycles. The number of piperidine rings is 1. The first-order valence-electron chi connectivity index (χ1n) is 10.3. The van der Waals surface area contributed by atoms with Gasteiger partial charge >= 0.3 is 0 Å². The third kappa shape index (κ3) is 4.52. The monoisotopic (exact) mass is 406 g/mol. The summed E-state index contributed by atoms with van der Waals surface area (Å²) in [6.45, 7) is 4.84. The summed E-state index contributed by atoms with van der Waals surface area (Å²) in [7, 11) is 0. The SMILES string of the molecule is CCOc1cccc(CN2CCC(c3cc(=O)[nH]c(-c4cccnc4)n3)CC2)c1O. The summed E-state index contributed by atoms with van der Waals surface area (Å²) < 4.78 is 5.49. The molecule has 0 spiro atoms. The fourth-order valence-electron chi connectivity index (χ4n) is 3.92. The van der Waals surface area contributed by atoms with Crippen molar-refractivity contribution in [2.45, 2.75) is 32.2 Å². The minimum absolute atomic E-state index is 0.140. The van der Waals surface area contributed by atoms with Gasteiger partial charge < -0.3 is 14.8 Å². The number of para-hydroxylation sites is 1. The first kappa shape index (κ1) is 20.1. The van der Waals surface area contributed by atoms with Crippen LogP contribution in [0.4, 0.5) is 0 Å². The van der Waals surface area contributed by atoms with Gasteiger partial charge in [0.25, 0.3) is 5.56 Å². The summed E-state index contributed by atoms with van der Waals surface area (Å²) >= 11 is 0. The molecule has 0 unspecified atom stereocenters. The van der Waals surface area contributed by atoms with E-state index in [9.17, 15) is 9.90 Å². The van der Waals surface area contributed by atoms with Crippen molar-refractivity contribution in [1.29, 1.82) is 0 Å². The minimum Gasteiger partial charge on any atom is -0.504 e. The van der Waals surface area contributed by atoms with Crippen LogP contribution >= 0.6 is 0 Å². The lowest BCUT2D eigenvalue weighted by Crippen LogP contribution is -2.33. The molecule has 0 atom stereocenters. The number of phenolic OH excluding ortho intramolecular Hbond substituents is 1. The second kappa shape index (κ2) is 9.09. The molecule has 7 nitrogen and oxygen atoms in total. The van der Waals surface area contributed by atoms with E-state index in [0.29, 0.717) is 24.7 Å². The van der Waals surface area contributed by atoms with Gasteiger partial charge in [-0.1, -0.05) is 12.1 Å². The van der Waals surface area contributed by atoms with Crippen molar-refractivity contribution in [1.82, 2.24) is 19.9 Å². The van der Waals surface area contributed by atoms with Crippen LogP contribution in [-0.2, 0) is 6.54 Å². The Morgan fingerprint density at radius 2 is 2.07 bits per heavy atom. The molecule has 1 aliphatic rings. The number of rotatable bonds is 6. The topological polar surface area (TPSA) is 91.3 Å². The molecule has 0 aliphatic carbocycles. The average molecular weight is 406 g/mol. The Kier molecular flexibility index (Phi) is 6.09. The number of hydrogen-bond acceptors (Lipinski definition) is 6. The smallest absolute Gasteiger partial charge is 0.251 e. The van der Waals surface area contributed by atoms with E-state index in [2.05, 4.69) is 14.9 Å². The summed E-state index contributed by atoms with van der Waals surface area (Å²) in [6.07, 6.45) is 5.22. The number of ether oxygens (including phenoxy) is 1. The molecule has 0 bridgehead atoms. The summed E-state index contributed by atoms with van der Waals surface area (Å²) in [6, 6.07) is 11.0. The number of pyridine rings is 1. The molecule has 156 valence electrons. The van der Waals surface area contributed by atoms with Crippen molar-refractivity contribution in [3.8, 4) is 22.9 Å². The number of nitrogens with one attached hydrogen (secondary N) is 1. The molecule has 0 saturated carbocycles.